The molecule has 4 rings (SSSR count). The molecule has 2 heterocycles. The molecule has 0 bridgehead atoms. The number of hydrogen-bond donors (Lipinski definition) is 2. The van der Waals surface area contributed by atoms with Gasteiger partial charge < -0.3 is 14.9 Å². The summed E-state index contributed by atoms with van der Waals surface area (Å²) in [5, 5.41) is 19.9. The van der Waals surface area contributed by atoms with Crippen LogP contribution in [-0.4, -0.2) is 32.1 Å². The predicted octanol–water partition coefficient (Wildman–Crippen LogP) is 3.22. The third-order valence-corrected chi connectivity index (χ3v) is 7.78. The lowest BCUT2D eigenvalue weighted by atomic mass is 9.84. The van der Waals surface area contributed by atoms with Crippen LogP contribution in [0.25, 0.3) is 5.57 Å². The highest BCUT2D eigenvalue weighted by molar-refractivity contribution is 8.21. The van der Waals surface area contributed by atoms with Crippen molar-refractivity contribution in [2.24, 2.45) is 0 Å². The van der Waals surface area contributed by atoms with E-state index in [1.165, 1.54) is 17.1 Å². The number of aromatic hydroxyl groups is 1. The van der Waals surface area contributed by atoms with E-state index >= 15 is 0 Å². The van der Waals surface area contributed by atoms with Crippen LogP contribution in [0.2, 0.25) is 0 Å². The first-order valence-electron chi connectivity index (χ1n) is 6.85. The predicted molar refractivity (Wildman–Crippen MR) is 83.2 cm³/mol. The van der Waals surface area contributed by atoms with E-state index < -0.39 is 6.29 Å². The fourth-order valence-electron chi connectivity index (χ4n) is 3.30. The normalized spacial score (nSPS) is 27.1. The number of ether oxygens (including phenoxy) is 1. The Morgan fingerprint density at radius 2 is 2.05 bits per heavy atom. The Kier molecular flexibility index (Phi) is 2.98. The lowest BCUT2D eigenvalue weighted by molar-refractivity contribution is 0.00809. The van der Waals surface area contributed by atoms with E-state index in [9.17, 15) is 10.2 Å². The van der Waals surface area contributed by atoms with Crippen molar-refractivity contribution in [1.29, 1.82) is 0 Å². The number of rotatable bonds is 0. The van der Waals surface area contributed by atoms with Gasteiger partial charge in [-0.15, -0.1) is 23.5 Å². The van der Waals surface area contributed by atoms with Crippen molar-refractivity contribution in [2.75, 3.05) is 11.5 Å². The molecule has 3 aliphatic rings. The maximum atomic E-state index is 10.3. The van der Waals surface area contributed by atoms with Gasteiger partial charge in [0, 0.05) is 28.7 Å². The van der Waals surface area contributed by atoms with Crippen molar-refractivity contribution in [3.8, 4) is 11.5 Å². The van der Waals surface area contributed by atoms with Crippen LogP contribution in [0, 0.1) is 0 Å². The van der Waals surface area contributed by atoms with E-state index in [0.29, 0.717) is 5.75 Å². The number of thioether (sulfide) groups is 2. The molecule has 106 valence electrons. The van der Waals surface area contributed by atoms with Gasteiger partial charge >= 0.3 is 0 Å². The van der Waals surface area contributed by atoms with Gasteiger partial charge in [-0.25, -0.2) is 0 Å². The molecule has 0 aromatic heterocycles. The molecule has 1 saturated heterocycles. The first-order valence-corrected chi connectivity index (χ1v) is 8.82. The van der Waals surface area contributed by atoms with Crippen LogP contribution in [0.3, 0.4) is 0 Å². The van der Waals surface area contributed by atoms with E-state index in [1.807, 2.05) is 29.6 Å². The molecular weight excluding hydrogens is 292 g/mol. The maximum Gasteiger partial charge on any atom is 0.220 e. The van der Waals surface area contributed by atoms with Crippen LogP contribution in [0.4, 0.5) is 0 Å². The molecule has 5 heteroatoms. The van der Waals surface area contributed by atoms with Crippen molar-refractivity contribution < 1.29 is 14.9 Å². The molecule has 0 radical (unpaired) electrons. The number of fused-ring (bicyclic) bond motifs is 2. The standard InChI is InChI=1S/C15H16O3S2/c16-9-1-2-11-10-3-4-15(19-5-6-20-15)8-12(10)14(17)18-13(11)7-9/h1-2,7,14,16-17H,3-6,8H2. The molecule has 1 unspecified atom stereocenters. The lowest BCUT2D eigenvalue weighted by Gasteiger charge is -2.39. The average molecular weight is 308 g/mol. The zero-order valence-corrected chi connectivity index (χ0v) is 12.6. The summed E-state index contributed by atoms with van der Waals surface area (Å²) in [4.78, 5) is 0. The number of aliphatic hydroxyl groups excluding tert-OH is 1. The second kappa shape index (κ2) is 4.61. The zero-order valence-electron chi connectivity index (χ0n) is 11.0. The smallest absolute Gasteiger partial charge is 0.220 e. The maximum absolute atomic E-state index is 10.3. The Morgan fingerprint density at radius 1 is 1.25 bits per heavy atom. The summed E-state index contributed by atoms with van der Waals surface area (Å²) in [5.74, 6) is 3.18. The number of phenols is 1. The van der Waals surface area contributed by atoms with Gasteiger partial charge in [-0.2, -0.15) is 0 Å². The van der Waals surface area contributed by atoms with Gasteiger partial charge in [0.15, 0.2) is 0 Å². The van der Waals surface area contributed by atoms with Crippen molar-refractivity contribution in [2.45, 2.75) is 29.6 Å². The molecule has 1 atom stereocenters. The van der Waals surface area contributed by atoms with E-state index in [0.717, 1.165) is 30.4 Å². The van der Waals surface area contributed by atoms with Crippen LogP contribution in [0.15, 0.2) is 23.8 Å². The quantitative estimate of drug-likeness (QED) is 0.771. The van der Waals surface area contributed by atoms with E-state index in [-0.39, 0.29) is 9.83 Å². The highest BCUT2D eigenvalue weighted by Crippen LogP contribution is 2.57. The molecule has 0 saturated carbocycles. The number of benzene rings is 1. The van der Waals surface area contributed by atoms with Crippen LogP contribution < -0.4 is 4.74 Å². The topological polar surface area (TPSA) is 49.7 Å². The summed E-state index contributed by atoms with van der Waals surface area (Å²) in [7, 11) is 0. The molecule has 2 aliphatic heterocycles. The number of phenolic OH excluding ortho intramolecular Hbond substituents is 1. The lowest BCUT2D eigenvalue weighted by Crippen LogP contribution is -2.33. The fraction of sp³-hybridized carbons (Fsp3) is 0.467. The summed E-state index contributed by atoms with van der Waals surface area (Å²) in [6.45, 7) is 0. The van der Waals surface area contributed by atoms with E-state index in [4.69, 9.17) is 4.74 Å². The first-order chi connectivity index (χ1) is 9.67. The number of allylic oxidation sites excluding steroid dienone is 1. The Balaban J connectivity index is 1.77. The van der Waals surface area contributed by atoms with Gasteiger partial charge in [-0.1, -0.05) is 0 Å². The minimum Gasteiger partial charge on any atom is -0.508 e. The van der Waals surface area contributed by atoms with Crippen LogP contribution in [-0.2, 0) is 0 Å². The van der Waals surface area contributed by atoms with Crippen molar-refractivity contribution >= 4 is 29.1 Å². The highest BCUT2D eigenvalue weighted by atomic mass is 32.2. The minimum absolute atomic E-state index is 0.175. The third kappa shape index (κ3) is 1.95. The molecule has 0 amide bonds. The summed E-state index contributed by atoms with van der Waals surface area (Å²) in [6.07, 6.45) is 2.17. The Morgan fingerprint density at radius 3 is 2.85 bits per heavy atom. The Labute approximate surface area is 126 Å². The van der Waals surface area contributed by atoms with Crippen LogP contribution in [0.1, 0.15) is 24.8 Å². The van der Waals surface area contributed by atoms with Crippen molar-refractivity contribution in [3.63, 3.8) is 0 Å². The van der Waals surface area contributed by atoms with Crippen molar-refractivity contribution in [3.05, 3.63) is 29.3 Å². The van der Waals surface area contributed by atoms with Gasteiger partial charge in [0.25, 0.3) is 0 Å². The van der Waals surface area contributed by atoms with Crippen LogP contribution >= 0.6 is 23.5 Å². The number of hydrogen-bond acceptors (Lipinski definition) is 5. The van der Waals surface area contributed by atoms with Gasteiger partial charge in [0.05, 0.1) is 4.08 Å². The second-order valence-corrected chi connectivity index (χ2v) is 8.65. The highest BCUT2D eigenvalue weighted by Gasteiger charge is 2.43. The summed E-state index contributed by atoms with van der Waals surface area (Å²) in [6, 6.07) is 5.18. The molecule has 1 fully saturated rings. The molecule has 2 N–H and O–H groups in total. The molecule has 20 heavy (non-hydrogen) atoms. The average Bonchev–Trinajstić information content (AvgIpc) is 2.87. The van der Waals surface area contributed by atoms with Gasteiger partial charge in [-0.3, -0.25) is 0 Å². The zero-order chi connectivity index (χ0) is 13.7. The molecule has 1 spiro atoms. The van der Waals surface area contributed by atoms with E-state index in [2.05, 4.69) is 0 Å². The second-order valence-electron chi connectivity index (χ2n) is 5.44. The largest absolute Gasteiger partial charge is 0.508 e. The van der Waals surface area contributed by atoms with Crippen molar-refractivity contribution in [1.82, 2.24) is 0 Å². The summed E-state index contributed by atoms with van der Waals surface area (Å²) < 4.78 is 5.85. The SMILES string of the molecule is Oc1ccc2c(c1)OC(O)C1=C2CCC2(C1)SCCS2. The van der Waals surface area contributed by atoms with Gasteiger partial charge in [-0.05, 0) is 37.0 Å². The molecule has 1 aromatic rings. The summed E-state index contributed by atoms with van der Waals surface area (Å²) >= 11 is 4.06. The minimum atomic E-state index is -0.863. The van der Waals surface area contributed by atoms with Crippen LogP contribution in [0.5, 0.6) is 11.5 Å². The molecule has 1 aromatic carbocycles. The fourth-order valence-corrected chi connectivity index (χ4v) is 6.55. The third-order valence-electron chi connectivity index (χ3n) is 4.24. The first kappa shape index (κ1) is 12.9. The Hall–Kier alpha value is -0.780. The number of aliphatic hydroxyl groups is 1. The van der Waals surface area contributed by atoms with Gasteiger partial charge in [0.2, 0.25) is 6.29 Å². The molecular formula is C15H16O3S2. The van der Waals surface area contributed by atoms with Gasteiger partial charge in [0.1, 0.15) is 11.5 Å². The Bertz CT molecular complexity index is 591. The monoisotopic (exact) mass is 308 g/mol. The van der Waals surface area contributed by atoms with E-state index in [1.54, 1.807) is 12.1 Å². The molecule has 3 nitrogen and oxygen atoms in total. The summed E-state index contributed by atoms with van der Waals surface area (Å²) in [5.41, 5.74) is 3.29. The molecule has 1 aliphatic carbocycles.